The van der Waals surface area contributed by atoms with E-state index in [-0.39, 0.29) is 35.1 Å². The van der Waals surface area contributed by atoms with Gasteiger partial charge in [0, 0.05) is 4.90 Å². The van der Waals surface area contributed by atoms with E-state index in [1.165, 1.54) is 6.07 Å². The predicted molar refractivity (Wildman–Crippen MR) is 47.8 cm³/mol. The molecule has 4 heteroatoms. The second-order valence-corrected chi connectivity index (χ2v) is 2.30. The Kier molecular flexibility index (Phi) is 4.84. The van der Waals surface area contributed by atoms with Crippen LogP contribution in [-0.2, 0) is 0 Å². The number of carbonyl (C=O) groups is 1. The third-order valence-electron chi connectivity index (χ3n) is 1.13. The van der Waals surface area contributed by atoms with Gasteiger partial charge in [-0.25, -0.2) is 4.79 Å². The van der Waals surface area contributed by atoms with Crippen LogP contribution in [0.2, 0.25) is 0 Å². The SMILES string of the molecule is O=C(O)c1ccccc1S.[NaH]. The average Bonchev–Trinajstić information content (AvgIpc) is 1.88. The average molecular weight is 178 g/mol. The number of aromatic carboxylic acids is 1. The quantitative estimate of drug-likeness (QED) is 0.497. The van der Waals surface area contributed by atoms with E-state index in [0.717, 1.165) is 0 Å². The molecular formula is C7H7NaO2S. The Bertz CT molecular complexity index is 262. The van der Waals surface area contributed by atoms with E-state index in [2.05, 4.69) is 12.6 Å². The van der Waals surface area contributed by atoms with E-state index >= 15 is 0 Å². The second kappa shape index (κ2) is 4.83. The molecule has 1 N–H and O–H groups in total. The van der Waals surface area contributed by atoms with Crippen molar-refractivity contribution in [2.45, 2.75) is 4.90 Å². The summed E-state index contributed by atoms with van der Waals surface area (Å²) in [5.74, 6) is -0.939. The first-order valence-electron chi connectivity index (χ1n) is 2.73. The Morgan fingerprint density at radius 2 is 1.91 bits per heavy atom. The maximum atomic E-state index is 10.4. The molecule has 0 aromatic heterocycles. The van der Waals surface area contributed by atoms with Crippen LogP contribution in [0.1, 0.15) is 10.4 Å². The zero-order chi connectivity index (χ0) is 7.56. The van der Waals surface area contributed by atoms with Gasteiger partial charge in [-0.3, -0.25) is 0 Å². The first-order valence-corrected chi connectivity index (χ1v) is 3.18. The van der Waals surface area contributed by atoms with Crippen molar-refractivity contribution in [3.05, 3.63) is 29.8 Å². The minimum atomic E-state index is -0.939. The summed E-state index contributed by atoms with van der Waals surface area (Å²) in [6.07, 6.45) is 0. The van der Waals surface area contributed by atoms with Gasteiger partial charge >= 0.3 is 35.5 Å². The van der Waals surface area contributed by atoms with E-state index in [1.807, 2.05) is 0 Å². The van der Waals surface area contributed by atoms with Crippen molar-refractivity contribution in [3.63, 3.8) is 0 Å². The third kappa shape index (κ3) is 2.87. The van der Waals surface area contributed by atoms with Crippen LogP contribution >= 0.6 is 12.6 Å². The van der Waals surface area contributed by atoms with E-state index in [9.17, 15) is 4.79 Å². The van der Waals surface area contributed by atoms with Crippen molar-refractivity contribution in [3.8, 4) is 0 Å². The predicted octanol–water partition coefficient (Wildman–Crippen LogP) is 1.02. The van der Waals surface area contributed by atoms with Gasteiger partial charge in [0.15, 0.2) is 0 Å². The van der Waals surface area contributed by atoms with Crippen molar-refractivity contribution < 1.29 is 9.90 Å². The molecule has 1 aromatic carbocycles. The van der Waals surface area contributed by atoms with Gasteiger partial charge in [-0.15, -0.1) is 12.6 Å². The zero-order valence-corrected chi connectivity index (χ0v) is 6.01. The number of hydrogen-bond donors (Lipinski definition) is 2. The van der Waals surface area contributed by atoms with Gasteiger partial charge in [-0.2, -0.15) is 0 Å². The summed E-state index contributed by atoms with van der Waals surface area (Å²) in [4.78, 5) is 10.9. The van der Waals surface area contributed by atoms with Gasteiger partial charge in [0.05, 0.1) is 5.56 Å². The van der Waals surface area contributed by atoms with E-state index in [0.29, 0.717) is 4.90 Å². The fourth-order valence-electron chi connectivity index (χ4n) is 0.654. The van der Waals surface area contributed by atoms with Crippen LogP contribution < -0.4 is 0 Å². The molecule has 2 nitrogen and oxygen atoms in total. The third-order valence-corrected chi connectivity index (χ3v) is 1.52. The van der Waals surface area contributed by atoms with Gasteiger partial charge in [-0.05, 0) is 12.1 Å². The van der Waals surface area contributed by atoms with Crippen LogP contribution in [0.4, 0.5) is 0 Å². The van der Waals surface area contributed by atoms with Crippen LogP contribution in [0.25, 0.3) is 0 Å². The molecule has 0 aliphatic heterocycles. The topological polar surface area (TPSA) is 37.3 Å². The molecule has 0 spiro atoms. The van der Waals surface area contributed by atoms with Crippen molar-refractivity contribution in [1.29, 1.82) is 0 Å². The molecule has 0 aliphatic carbocycles. The van der Waals surface area contributed by atoms with Crippen molar-refractivity contribution in [2.24, 2.45) is 0 Å². The van der Waals surface area contributed by atoms with E-state index in [4.69, 9.17) is 5.11 Å². The van der Waals surface area contributed by atoms with Crippen LogP contribution in [0.3, 0.4) is 0 Å². The van der Waals surface area contributed by atoms with Gasteiger partial charge in [-0.1, -0.05) is 12.1 Å². The summed E-state index contributed by atoms with van der Waals surface area (Å²) in [5.41, 5.74) is 0.242. The molecule has 0 aliphatic rings. The summed E-state index contributed by atoms with van der Waals surface area (Å²) in [7, 11) is 0. The fourth-order valence-corrected chi connectivity index (χ4v) is 0.911. The van der Waals surface area contributed by atoms with Crippen LogP contribution in [0, 0.1) is 0 Å². The zero-order valence-electron chi connectivity index (χ0n) is 5.11. The Hall–Kier alpha value is 0.0400. The number of hydrogen-bond acceptors (Lipinski definition) is 2. The summed E-state index contributed by atoms with van der Waals surface area (Å²) < 4.78 is 0. The molecule has 0 saturated heterocycles. The molecule has 0 bridgehead atoms. The maximum absolute atomic E-state index is 10.4. The van der Waals surface area contributed by atoms with Gasteiger partial charge < -0.3 is 5.11 Å². The standard InChI is InChI=1S/C7H6O2S.Na.H/c8-7(9)5-3-1-2-4-6(5)10;;/h1-4,10H,(H,8,9);;. The van der Waals surface area contributed by atoms with Crippen LogP contribution in [0.15, 0.2) is 29.2 Å². The molecule has 0 amide bonds. The summed E-state index contributed by atoms with van der Waals surface area (Å²) in [5, 5.41) is 8.52. The Morgan fingerprint density at radius 1 is 1.36 bits per heavy atom. The first kappa shape index (κ1) is 11.0. The van der Waals surface area contributed by atoms with Gasteiger partial charge in [0.1, 0.15) is 0 Å². The molecule has 11 heavy (non-hydrogen) atoms. The molecule has 1 rings (SSSR count). The number of benzene rings is 1. The van der Waals surface area contributed by atoms with Crippen LogP contribution in [-0.4, -0.2) is 40.6 Å². The molecule has 0 unspecified atom stereocenters. The molecule has 0 heterocycles. The van der Waals surface area contributed by atoms with Gasteiger partial charge in [0.25, 0.3) is 0 Å². The number of thiol groups is 1. The van der Waals surface area contributed by atoms with E-state index < -0.39 is 5.97 Å². The summed E-state index contributed by atoms with van der Waals surface area (Å²) >= 11 is 3.96. The molecular weight excluding hydrogens is 171 g/mol. The molecule has 0 atom stereocenters. The second-order valence-electron chi connectivity index (χ2n) is 1.82. The molecule has 0 fully saturated rings. The van der Waals surface area contributed by atoms with Gasteiger partial charge in [0.2, 0.25) is 0 Å². The molecule has 0 saturated carbocycles. The number of carboxylic acid groups (broad SMARTS) is 1. The minimum absolute atomic E-state index is 0. The fraction of sp³-hybridized carbons (Fsp3) is 0. The Morgan fingerprint density at radius 3 is 2.27 bits per heavy atom. The molecule has 1 aromatic rings. The number of rotatable bonds is 1. The van der Waals surface area contributed by atoms with Crippen molar-refractivity contribution in [2.75, 3.05) is 0 Å². The number of carboxylic acids is 1. The monoisotopic (exact) mass is 178 g/mol. The Balaban J connectivity index is 0.000001000. The molecule has 54 valence electrons. The summed E-state index contributed by atoms with van der Waals surface area (Å²) in [6, 6.07) is 6.58. The van der Waals surface area contributed by atoms with E-state index in [1.54, 1.807) is 18.2 Å². The van der Waals surface area contributed by atoms with Crippen molar-refractivity contribution >= 4 is 48.2 Å². The first-order chi connectivity index (χ1) is 4.72. The van der Waals surface area contributed by atoms with Crippen molar-refractivity contribution in [1.82, 2.24) is 0 Å². The Labute approximate surface area is 92.3 Å². The summed E-state index contributed by atoms with van der Waals surface area (Å²) in [6.45, 7) is 0. The normalized spacial score (nSPS) is 8.45. The van der Waals surface area contributed by atoms with Crippen LogP contribution in [0.5, 0.6) is 0 Å². The molecule has 0 radical (unpaired) electrons.